The minimum Gasteiger partial charge on any atom is -0.336 e. The molecule has 5 nitrogen and oxygen atoms in total. The normalized spacial score (nSPS) is 15.9. The molecule has 2 aromatic rings. The molecule has 1 heterocycles. The molecule has 26 heavy (non-hydrogen) atoms. The number of nitrogens with zero attached hydrogens (tertiary/aromatic N) is 2. The van der Waals surface area contributed by atoms with E-state index in [1.165, 1.54) is 27.4 Å². The number of sulfonamides is 1. The SMILES string of the molecule is O=C(c1c(F)cccc1F)N1CCN(S(=O)(=O)c2cccc(Br)c2)CC1. The van der Waals surface area contributed by atoms with Crippen LogP contribution in [0.3, 0.4) is 0 Å². The van der Waals surface area contributed by atoms with Crippen molar-refractivity contribution in [2.24, 2.45) is 0 Å². The van der Waals surface area contributed by atoms with E-state index in [4.69, 9.17) is 0 Å². The minimum absolute atomic E-state index is 0.0522. The van der Waals surface area contributed by atoms with Crippen molar-refractivity contribution < 1.29 is 22.0 Å². The lowest BCUT2D eigenvalue weighted by molar-refractivity contribution is 0.0688. The third kappa shape index (κ3) is 3.65. The molecule has 0 N–H and O–H groups in total. The van der Waals surface area contributed by atoms with E-state index in [0.29, 0.717) is 4.47 Å². The molecule has 0 spiro atoms. The van der Waals surface area contributed by atoms with Crippen molar-refractivity contribution in [3.63, 3.8) is 0 Å². The van der Waals surface area contributed by atoms with Crippen LogP contribution in [0.1, 0.15) is 10.4 Å². The molecule has 2 aromatic carbocycles. The second kappa shape index (κ2) is 7.42. The lowest BCUT2D eigenvalue weighted by Gasteiger charge is -2.34. The summed E-state index contributed by atoms with van der Waals surface area (Å²) in [5.41, 5.74) is -0.615. The van der Waals surface area contributed by atoms with Crippen molar-refractivity contribution in [2.75, 3.05) is 26.2 Å². The Morgan fingerprint density at radius 2 is 1.54 bits per heavy atom. The van der Waals surface area contributed by atoms with Crippen LogP contribution >= 0.6 is 15.9 Å². The number of benzene rings is 2. The van der Waals surface area contributed by atoms with Gasteiger partial charge >= 0.3 is 0 Å². The Bertz CT molecular complexity index is 925. The number of halogens is 3. The molecule has 0 radical (unpaired) electrons. The fourth-order valence-electron chi connectivity index (χ4n) is 2.77. The summed E-state index contributed by atoms with van der Waals surface area (Å²) >= 11 is 3.24. The first-order valence-corrected chi connectivity index (χ1v) is 10.0. The number of hydrogen-bond donors (Lipinski definition) is 0. The Labute approximate surface area is 158 Å². The van der Waals surface area contributed by atoms with Crippen LogP contribution in [0.2, 0.25) is 0 Å². The van der Waals surface area contributed by atoms with Gasteiger partial charge in [0.05, 0.1) is 4.90 Å². The van der Waals surface area contributed by atoms with Gasteiger partial charge in [-0.05, 0) is 30.3 Å². The van der Waals surface area contributed by atoms with Gasteiger partial charge in [0, 0.05) is 30.7 Å². The van der Waals surface area contributed by atoms with E-state index < -0.39 is 33.1 Å². The Balaban J connectivity index is 1.74. The van der Waals surface area contributed by atoms with Crippen molar-refractivity contribution in [3.05, 3.63) is 64.1 Å². The lowest BCUT2D eigenvalue weighted by Crippen LogP contribution is -2.50. The van der Waals surface area contributed by atoms with E-state index in [0.717, 1.165) is 12.1 Å². The Morgan fingerprint density at radius 1 is 0.962 bits per heavy atom. The summed E-state index contributed by atoms with van der Waals surface area (Å²) in [5, 5.41) is 0. The summed E-state index contributed by atoms with van der Waals surface area (Å²) in [4.78, 5) is 13.8. The first kappa shape index (κ1) is 18.9. The van der Waals surface area contributed by atoms with Gasteiger partial charge in [0.1, 0.15) is 17.2 Å². The third-order valence-electron chi connectivity index (χ3n) is 4.14. The predicted octanol–water partition coefficient (Wildman–Crippen LogP) is 2.87. The predicted molar refractivity (Wildman–Crippen MR) is 95.2 cm³/mol. The zero-order valence-electron chi connectivity index (χ0n) is 13.5. The average molecular weight is 445 g/mol. The Kier molecular flexibility index (Phi) is 5.40. The van der Waals surface area contributed by atoms with Gasteiger partial charge in [0.2, 0.25) is 10.0 Å². The van der Waals surface area contributed by atoms with Crippen LogP contribution in [0.15, 0.2) is 51.8 Å². The molecule has 1 aliphatic heterocycles. The minimum atomic E-state index is -3.70. The van der Waals surface area contributed by atoms with Crippen LogP contribution in [-0.2, 0) is 10.0 Å². The number of carbonyl (C=O) groups excluding carboxylic acids is 1. The standard InChI is InChI=1S/C17H15BrF2N2O3S/c18-12-3-1-4-13(11-12)26(24,25)22-9-7-21(8-10-22)17(23)16-14(19)5-2-6-15(16)20/h1-6,11H,7-10H2. The van der Waals surface area contributed by atoms with Gasteiger partial charge in [-0.3, -0.25) is 4.79 Å². The van der Waals surface area contributed by atoms with Crippen molar-refractivity contribution in [3.8, 4) is 0 Å². The van der Waals surface area contributed by atoms with Crippen LogP contribution in [-0.4, -0.2) is 49.7 Å². The van der Waals surface area contributed by atoms with E-state index in [2.05, 4.69) is 15.9 Å². The van der Waals surface area contributed by atoms with E-state index in [1.54, 1.807) is 12.1 Å². The molecular formula is C17H15BrF2N2O3S. The van der Waals surface area contributed by atoms with Gasteiger partial charge in [-0.2, -0.15) is 4.31 Å². The summed E-state index contributed by atoms with van der Waals surface area (Å²) in [6.45, 7) is 0.215. The average Bonchev–Trinajstić information content (AvgIpc) is 2.61. The van der Waals surface area contributed by atoms with Gasteiger partial charge in [0.15, 0.2) is 0 Å². The molecule has 0 unspecified atom stereocenters. The maximum Gasteiger partial charge on any atom is 0.259 e. The molecule has 1 saturated heterocycles. The summed E-state index contributed by atoms with van der Waals surface area (Å²) in [5.74, 6) is -2.64. The molecular weight excluding hydrogens is 430 g/mol. The largest absolute Gasteiger partial charge is 0.336 e. The number of hydrogen-bond acceptors (Lipinski definition) is 3. The second-order valence-electron chi connectivity index (χ2n) is 5.75. The zero-order valence-corrected chi connectivity index (χ0v) is 15.9. The van der Waals surface area contributed by atoms with Crippen molar-refractivity contribution in [1.82, 2.24) is 9.21 Å². The van der Waals surface area contributed by atoms with Crippen molar-refractivity contribution in [1.29, 1.82) is 0 Å². The molecule has 1 amide bonds. The highest BCUT2D eigenvalue weighted by molar-refractivity contribution is 9.10. The van der Waals surface area contributed by atoms with Gasteiger partial charge in [-0.15, -0.1) is 0 Å². The molecule has 0 atom stereocenters. The summed E-state index contributed by atoms with van der Waals surface area (Å²) in [6, 6.07) is 9.56. The molecule has 138 valence electrons. The second-order valence-corrected chi connectivity index (χ2v) is 8.60. The number of piperazine rings is 1. The van der Waals surface area contributed by atoms with Gasteiger partial charge < -0.3 is 4.90 Å². The highest BCUT2D eigenvalue weighted by Crippen LogP contribution is 2.22. The Hall–Kier alpha value is -1.84. The smallest absolute Gasteiger partial charge is 0.259 e. The number of amides is 1. The maximum absolute atomic E-state index is 13.8. The Morgan fingerprint density at radius 3 is 2.12 bits per heavy atom. The van der Waals surface area contributed by atoms with Gasteiger partial charge in [0.25, 0.3) is 5.91 Å². The lowest BCUT2D eigenvalue weighted by atomic mass is 10.1. The summed E-state index contributed by atoms with van der Waals surface area (Å²) in [6.07, 6.45) is 0. The molecule has 0 saturated carbocycles. The molecule has 0 aromatic heterocycles. The van der Waals surface area contributed by atoms with E-state index >= 15 is 0 Å². The topological polar surface area (TPSA) is 57.7 Å². The first-order valence-electron chi connectivity index (χ1n) is 7.80. The first-order chi connectivity index (χ1) is 12.3. The summed E-state index contributed by atoms with van der Waals surface area (Å²) in [7, 11) is -3.70. The van der Waals surface area contributed by atoms with Crippen LogP contribution in [0.4, 0.5) is 8.78 Å². The fraction of sp³-hybridized carbons (Fsp3) is 0.235. The van der Waals surface area contributed by atoms with Gasteiger partial charge in [-0.25, -0.2) is 17.2 Å². The maximum atomic E-state index is 13.8. The van der Waals surface area contributed by atoms with Gasteiger partial charge in [-0.1, -0.05) is 28.1 Å². The van der Waals surface area contributed by atoms with Crippen molar-refractivity contribution >= 4 is 31.9 Å². The summed E-state index contributed by atoms with van der Waals surface area (Å²) < 4.78 is 54.8. The van der Waals surface area contributed by atoms with E-state index in [1.807, 2.05) is 0 Å². The van der Waals surface area contributed by atoms with Crippen LogP contribution in [0.5, 0.6) is 0 Å². The highest BCUT2D eigenvalue weighted by Gasteiger charge is 2.32. The van der Waals surface area contributed by atoms with Crippen LogP contribution < -0.4 is 0 Å². The van der Waals surface area contributed by atoms with Crippen LogP contribution in [0, 0.1) is 11.6 Å². The third-order valence-corrected chi connectivity index (χ3v) is 6.52. The van der Waals surface area contributed by atoms with E-state index in [9.17, 15) is 22.0 Å². The number of carbonyl (C=O) groups is 1. The fourth-order valence-corrected chi connectivity index (χ4v) is 4.79. The molecule has 0 aliphatic carbocycles. The van der Waals surface area contributed by atoms with Crippen LogP contribution in [0.25, 0.3) is 0 Å². The number of rotatable bonds is 3. The van der Waals surface area contributed by atoms with Crippen molar-refractivity contribution in [2.45, 2.75) is 4.90 Å². The molecule has 9 heteroatoms. The quantitative estimate of drug-likeness (QED) is 0.731. The molecule has 0 bridgehead atoms. The highest BCUT2D eigenvalue weighted by atomic mass is 79.9. The monoisotopic (exact) mass is 444 g/mol. The van der Waals surface area contributed by atoms with E-state index in [-0.39, 0.29) is 31.1 Å². The molecule has 3 rings (SSSR count). The molecule has 1 fully saturated rings. The zero-order chi connectivity index (χ0) is 18.9. The molecule has 1 aliphatic rings.